The Morgan fingerprint density at radius 1 is 1.29 bits per heavy atom. The van der Waals surface area contributed by atoms with E-state index in [0.29, 0.717) is 17.0 Å². The van der Waals surface area contributed by atoms with Crippen molar-refractivity contribution in [2.75, 3.05) is 20.0 Å². The van der Waals surface area contributed by atoms with E-state index in [9.17, 15) is 4.79 Å². The van der Waals surface area contributed by atoms with Gasteiger partial charge in [0.25, 0.3) is 0 Å². The number of aromatic nitrogens is 1. The minimum absolute atomic E-state index is 0.197. The summed E-state index contributed by atoms with van der Waals surface area (Å²) < 4.78 is 9.70. The Balaban J connectivity index is 2.63. The fourth-order valence-electron chi connectivity index (χ4n) is 1.57. The number of anilines is 1. The van der Waals surface area contributed by atoms with Gasteiger partial charge in [-0.1, -0.05) is 0 Å². The van der Waals surface area contributed by atoms with E-state index in [1.54, 1.807) is 25.3 Å². The van der Waals surface area contributed by atoms with Crippen LogP contribution in [0.25, 0.3) is 10.9 Å². The van der Waals surface area contributed by atoms with E-state index >= 15 is 0 Å². The Morgan fingerprint density at radius 3 is 2.71 bits per heavy atom. The summed E-state index contributed by atoms with van der Waals surface area (Å²) >= 11 is 0. The molecule has 0 spiro atoms. The molecule has 0 unspecified atom stereocenters. The molecule has 0 aliphatic heterocycles. The minimum atomic E-state index is -0.505. The Hall–Kier alpha value is -2.30. The highest BCUT2D eigenvalue weighted by molar-refractivity contribution is 5.97. The predicted molar refractivity (Wildman–Crippen MR) is 64.0 cm³/mol. The molecule has 0 saturated carbocycles. The standard InChI is InChI=1S/C12H12N2O3/c1-16-7-3-4-10-8(5-7)9(13)6-11(14-10)12(15)17-2/h3-6H,1-2H3,(H2,13,14). The summed E-state index contributed by atoms with van der Waals surface area (Å²) in [6.45, 7) is 0. The average molecular weight is 232 g/mol. The fraction of sp³-hybridized carbons (Fsp3) is 0.167. The molecular formula is C12H12N2O3. The van der Waals surface area contributed by atoms with Crippen molar-refractivity contribution >= 4 is 22.6 Å². The highest BCUT2D eigenvalue weighted by Gasteiger charge is 2.11. The van der Waals surface area contributed by atoms with Crippen molar-refractivity contribution in [2.45, 2.75) is 0 Å². The number of methoxy groups -OCH3 is 2. The highest BCUT2D eigenvalue weighted by atomic mass is 16.5. The third-order valence-corrected chi connectivity index (χ3v) is 2.44. The SMILES string of the molecule is COC(=O)c1cc(N)c2cc(OC)ccc2n1. The Labute approximate surface area is 98.2 Å². The molecule has 5 heteroatoms. The molecule has 0 radical (unpaired) electrons. The number of esters is 1. The lowest BCUT2D eigenvalue weighted by atomic mass is 10.1. The van der Waals surface area contributed by atoms with Crippen LogP contribution in [-0.4, -0.2) is 25.2 Å². The van der Waals surface area contributed by atoms with Gasteiger partial charge in [0.15, 0.2) is 5.69 Å². The van der Waals surface area contributed by atoms with Gasteiger partial charge in [0.2, 0.25) is 0 Å². The Kier molecular flexibility index (Phi) is 2.82. The molecule has 0 aliphatic rings. The van der Waals surface area contributed by atoms with E-state index in [-0.39, 0.29) is 5.69 Å². The maximum Gasteiger partial charge on any atom is 0.356 e. The topological polar surface area (TPSA) is 74.4 Å². The molecule has 88 valence electrons. The van der Waals surface area contributed by atoms with Gasteiger partial charge in [-0.15, -0.1) is 0 Å². The quantitative estimate of drug-likeness (QED) is 0.796. The number of fused-ring (bicyclic) bond motifs is 1. The molecule has 1 aromatic heterocycles. The number of hydrogen-bond acceptors (Lipinski definition) is 5. The first kappa shape index (κ1) is 11.2. The molecule has 0 saturated heterocycles. The maximum absolute atomic E-state index is 11.4. The monoisotopic (exact) mass is 232 g/mol. The van der Waals surface area contributed by atoms with Gasteiger partial charge in [-0.05, 0) is 24.3 Å². The lowest BCUT2D eigenvalue weighted by Gasteiger charge is -2.06. The van der Waals surface area contributed by atoms with Gasteiger partial charge >= 0.3 is 5.97 Å². The van der Waals surface area contributed by atoms with Crippen molar-refractivity contribution in [3.05, 3.63) is 30.0 Å². The summed E-state index contributed by atoms with van der Waals surface area (Å²) in [5.74, 6) is 0.186. The smallest absolute Gasteiger partial charge is 0.356 e. The zero-order valence-corrected chi connectivity index (χ0v) is 9.56. The number of carbonyl (C=O) groups excluding carboxylic acids is 1. The summed E-state index contributed by atoms with van der Waals surface area (Å²) in [7, 11) is 2.88. The third-order valence-electron chi connectivity index (χ3n) is 2.44. The summed E-state index contributed by atoms with van der Waals surface area (Å²) in [5.41, 5.74) is 7.16. The average Bonchev–Trinajstić information content (AvgIpc) is 2.37. The molecule has 0 aliphatic carbocycles. The zero-order chi connectivity index (χ0) is 12.4. The predicted octanol–water partition coefficient (Wildman–Crippen LogP) is 1.61. The highest BCUT2D eigenvalue weighted by Crippen LogP contribution is 2.25. The molecule has 17 heavy (non-hydrogen) atoms. The van der Waals surface area contributed by atoms with E-state index in [1.807, 2.05) is 0 Å². The molecular weight excluding hydrogens is 220 g/mol. The van der Waals surface area contributed by atoms with Crippen LogP contribution in [0.3, 0.4) is 0 Å². The maximum atomic E-state index is 11.4. The number of nitrogens with zero attached hydrogens (tertiary/aromatic N) is 1. The number of nitrogen functional groups attached to an aromatic ring is 1. The number of hydrogen-bond donors (Lipinski definition) is 1. The van der Waals surface area contributed by atoms with Gasteiger partial charge in [-0.3, -0.25) is 0 Å². The van der Waals surface area contributed by atoms with Gasteiger partial charge in [-0.2, -0.15) is 0 Å². The van der Waals surface area contributed by atoms with E-state index in [1.165, 1.54) is 13.2 Å². The zero-order valence-electron chi connectivity index (χ0n) is 9.56. The first-order chi connectivity index (χ1) is 8.15. The van der Waals surface area contributed by atoms with Crippen molar-refractivity contribution in [1.29, 1.82) is 0 Å². The summed E-state index contributed by atoms with van der Waals surface area (Å²) in [6.07, 6.45) is 0. The molecule has 0 amide bonds. The van der Waals surface area contributed by atoms with Crippen LogP contribution in [0.2, 0.25) is 0 Å². The van der Waals surface area contributed by atoms with Crippen LogP contribution in [-0.2, 0) is 4.74 Å². The van der Waals surface area contributed by atoms with Gasteiger partial charge < -0.3 is 15.2 Å². The van der Waals surface area contributed by atoms with Gasteiger partial charge in [0.05, 0.1) is 19.7 Å². The summed E-state index contributed by atoms with van der Waals surface area (Å²) in [5, 5.41) is 0.747. The lowest BCUT2D eigenvalue weighted by Crippen LogP contribution is -2.05. The largest absolute Gasteiger partial charge is 0.497 e. The van der Waals surface area contributed by atoms with Crippen LogP contribution < -0.4 is 10.5 Å². The van der Waals surface area contributed by atoms with Crippen molar-refractivity contribution in [1.82, 2.24) is 4.98 Å². The molecule has 0 atom stereocenters. The number of pyridine rings is 1. The van der Waals surface area contributed by atoms with Crippen LogP contribution in [0, 0.1) is 0 Å². The minimum Gasteiger partial charge on any atom is -0.497 e. The van der Waals surface area contributed by atoms with E-state index < -0.39 is 5.97 Å². The second-order valence-electron chi connectivity index (χ2n) is 3.47. The van der Waals surface area contributed by atoms with E-state index in [0.717, 1.165) is 5.39 Å². The second kappa shape index (κ2) is 4.29. The summed E-state index contributed by atoms with van der Waals surface area (Å²) in [4.78, 5) is 15.5. The van der Waals surface area contributed by atoms with E-state index in [4.69, 9.17) is 10.5 Å². The lowest BCUT2D eigenvalue weighted by molar-refractivity contribution is 0.0594. The molecule has 5 nitrogen and oxygen atoms in total. The normalized spacial score (nSPS) is 10.2. The molecule has 2 N–H and O–H groups in total. The molecule has 0 bridgehead atoms. The van der Waals surface area contributed by atoms with Crippen molar-refractivity contribution in [3.63, 3.8) is 0 Å². The van der Waals surface area contributed by atoms with Gasteiger partial charge in [0.1, 0.15) is 5.75 Å². The molecule has 2 aromatic rings. The second-order valence-corrected chi connectivity index (χ2v) is 3.47. The molecule has 1 heterocycles. The molecule has 2 rings (SSSR count). The molecule has 1 aromatic carbocycles. The summed E-state index contributed by atoms with van der Waals surface area (Å²) in [6, 6.07) is 6.78. The number of ether oxygens (including phenoxy) is 2. The Bertz CT molecular complexity index is 581. The van der Waals surface area contributed by atoms with Crippen LogP contribution in [0.4, 0.5) is 5.69 Å². The van der Waals surface area contributed by atoms with Crippen LogP contribution >= 0.6 is 0 Å². The number of nitrogens with two attached hydrogens (primary N) is 1. The third kappa shape index (κ3) is 1.99. The van der Waals surface area contributed by atoms with Crippen molar-refractivity contribution < 1.29 is 14.3 Å². The van der Waals surface area contributed by atoms with Crippen molar-refractivity contribution in [3.8, 4) is 5.75 Å². The van der Waals surface area contributed by atoms with Gasteiger partial charge in [-0.25, -0.2) is 9.78 Å². The van der Waals surface area contributed by atoms with Crippen LogP contribution in [0.1, 0.15) is 10.5 Å². The van der Waals surface area contributed by atoms with Gasteiger partial charge in [0, 0.05) is 11.1 Å². The first-order valence-corrected chi connectivity index (χ1v) is 4.98. The van der Waals surface area contributed by atoms with Crippen LogP contribution in [0.5, 0.6) is 5.75 Å². The number of carbonyl (C=O) groups is 1. The fourth-order valence-corrected chi connectivity index (χ4v) is 1.57. The van der Waals surface area contributed by atoms with Crippen LogP contribution in [0.15, 0.2) is 24.3 Å². The van der Waals surface area contributed by atoms with E-state index in [2.05, 4.69) is 9.72 Å². The Morgan fingerprint density at radius 2 is 2.06 bits per heavy atom. The number of rotatable bonds is 2. The van der Waals surface area contributed by atoms with Crippen molar-refractivity contribution in [2.24, 2.45) is 0 Å². The number of benzene rings is 1. The molecule has 0 fully saturated rings. The first-order valence-electron chi connectivity index (χ1n) is 4.98.